The molecule has 0 aromatic carbocycles. The first kappa shape index (κ1) is 20.5. The summed E-state index contributed by atoms with van der Waals surface area (Å²) in [5.74, 6) is -3.34. The summed E-state index contributed by atoms with van der Waals surface area (Å²) in [5.41, 5.74) is -0.462. The van der Waals surface area contributed by atoms with Crippen LogP contribution in [0.5, 0.6) is 0 Å². The van der Waals surface area contributed by atoms with Crippen LogP contribution in [0.4, 0.5) is 18.0 Å². The highest BCUT2D eigenvalue weighted by atomic mass is 19.4. The average Bonchev–Trinajstić information content (AvgIpc) is 2.67. The summed E-state index contributed by atoms with van der Waals surface area (Å²) in [5, 5.41) is 0. The molecule has 7 nitrogen and oxygen atoms in total. The molecule has 0 fully saturated rings. The average molecular weight is 364 g/mol. The molecule has 0 aliphatic carbocycles. The second-order valence-electron chi connectivity index (χ2n) is 6.19. The molecule has 0 unspecified atom stereocenters. The van der Waals surface area contributed by atoms with Crippen molar-refractivity contribution in [1.82, 2.24) is 4.68 Å². The number of amides is 1. The zero-order chi connectivity index (χ0) is 19.7. The third kappa shape index (κ3) is 4.52. The van der Waals surface area contributed by atoms with Gasteiger partial charge in [-0.05, 0) is 34.6 Å². The Bertz CT molecular complexity index is 714. The molecule has 1 amide bonds. The van der Waals surface area contributed by atoms with Gasteiger partial charge in [0.15, 0.2) is 0 Å². The van der Waals surface area contributed by atoms with Crippen LogP contribution in [0.25, 0.3) is 0 Å². The number of carbonyl (C=O) groups is 3. The molecule has 1 rings (SSSR count). The molecule has 0 atom stereocenters. The molecule has 0 saturated heterocycles. The molecule has 0 radical (unpaired) electrons. The normalized spacial score (nSPS) is 11.9. The highest BCUT2D eigenvalue weighted by Gasteiger charge is 2.44. The van der Waals surface area contributed by atoms with E-state index in [1.54, 1.807) is 20.8 Å². The predicted octanol–water partition coefficient (Wildman–Crippen LogP) is 3.12. The van der Waals surface area contributed by atoms with E-state index in [9.17, 15) is 27.6 Å². The first-order valence-electron chi connectivity index (χ1n) is 7.12. The SMILES string of the molecule is COC(=O)c1c(C(=O)C(F)(F)F)c(C)n(NC(=O)OC(C)(C)C)c1C. The van der Waals surface area contributed by atoms with Crippen LogP contribution in [0.1, 0.15) is 52.9 Å². The topological polar surface area (TPSA) is 86.6 Å². The molecule has 140 valence electrons. The number of nitrogens with zero attached hydrogens (tertiary/aromatic N) is 1. The van der Waals surface area contributed by atoms with Crippen LogP contribution in [0.3, 0.4) is 0 Å². The summed E-state index contributed by atoms with van der Waals surface area (Å²) >= 11 is 0. The van der Waals surface area contributed by atoms with E-state index in [4.69, 9.17) is 4.74 Å². The molecule has 10 heteroatoms. The number of rotatable bonds is 3. The van der Waals surface area contributed by atoms with E-state index >= 15 is 0 Å². The number of hydrogen-bond acceptors (Lipinski definition) is 5. The van der Waals surface area contributed by atoms with Crippen LogP contribution < -0.4 is 5.43 Å². The molecular weight excluding hydrogens is 345 g/mol. The summed E-state index contributed by atoms with van der Waals surface area (Å²) in [6.45, 7) is 7.22. The van der Waals surface area contributed by atoms with E-state index in [0.29, 0.717) is 0 Å². The summed E-state index contributed by atoms with van der Waals surface area (Å²) in [7, 11) is 0.970. The van der Waals surface area contributed by atoms with Crippen molar-refractivity contribution in [2.45, 2.75) is 46.4 Å². The van der Waals surface area contributed by atoms with E-state index in [1.807, 2.05) is 0 Å². The van der Waals surface area contributed by atoms with Crippen molar-refractivity contribution < 1.29 is 37.0 Å². The monoisotopic (exact) mass is 364 g/mol. The van der Waals surface area contributed by atoms with Crippen LogP contribution >= 0.6 is 0 Å². The number of methoxy groups -OCH3 is 1. The predicted molar refractivity (Wildman–Crippen MR) is 81.2 cm³/mol. The summed E-state index contributed by atoms with van der Waals surface area (Å²) in [4.78, 5) is 35.5. The molecule has 1 aromatic rings. The lowest BCUT2D eigenvalue weighted by molar-refractivity contribution is -0.0886. The van der Waals surface area contributed by atoms with Gasteiger partial charge >= 0.3 is 18.2 Å². The van der Waals surface area contributed by atoms with E-state index in [1.165, 1.54) is 6.92 Å². The second kappa shape index (κ2) is 6.77. The van der Waals surface area contributed by atoms with Crippen molar-refractivity contribution in [3.05, 3.63) is 22.5 Å². The number of aromatic nitrogens is 1. The number of hydrogen-bond donors (Lipinski definition) is 1. The zero-order valence-electron chi connectivity index (χ0n) is 14.6. The first-order valence-corrected chi connectivity index (χ1v) is 7.12. The fourth-order valence-corrected chi connectivity index (χ4v) is 2.17. The smallest absolute Gasteiger partial charge is 0.454 e. The van der Waals surface area contributed by atoms with Crippen LogP contribution in [0.2, 0.25) is 0 Å². The Morgan fingerprint density at radius 1 is 1.00 bits per heavy atom. The van der Waals surface area contributed by atoms with E-state index in [-0.39, 0.29) is 11.4 Å². The van der Waals surface area contributed by atoms with Gasteiger partial charge in [0.25, 0.3) is 5.78 Å². The number of ketones is 1. The van der Waals surface area contributed by atoms with Crippen LogP contribution in [0, 0.1) is 13.8 Å². The zero-order valence-corrected chi connectivity index (χ0v) is 14.6. The van der Waals surface area contributed by atoms with Crippen LogP contribution in [-0.2, 0) is 9.47 Å². The van der Waals surface area contributed by atoms with Crippen molar-refractivity contribution in [1.29, 1.82) is 0 Å². The maximum atomic E-state index is 12.9. The Balaban J connectivity index is 3.47. The minimum Gasteiger partial charge on any atom is -0.465 e. The largest absolute Gasteiger partial charge is 0.465 e. The molecule has 0 aliphatic heterocycles. The standard InChI is InChI=1S/C15H19F3N2O5/c1-7-9(11(21)15(16,17)18)10(12(22)24-6)8(2)20(7)19-13(23)25-14(3,4)5/h1-6H3,(H,19,23). The van der Waals surface area contributed by atoms with Gasteiger partial charge in [0.1, 0.15) is 5.60 Å². The molecule has 0 saturated carbocycles. The molecule has 1 N–H and O–H groups in total. The van der Waals surface area contributed by atoms with Gasteiger partial charge in [-0.25, -0.2) is 15.0 Å². The van der Waals surface area contributed by atoms with Crippen molar-refractivity contribution in [2.24, 2.45) is 0 Å². The summed E-state index contributed by atoms with van der Waals surface area (Å²) in [6.07, 6.45) is -6.16. The quantitative estimate of drug-likeness (QED) is 0.658. The summed E-state index contributed by atoms with van der Waals surface area (Å²) < 4.78 is 49.0. The molecule has 0 spiro atoms. The Hall–Kier alpha value is -2.52. The van der Waals surface area contributed by atoms with E-state index in [0.717, 1.165) is 18.7 Å². The van der Waals surface area contributed by atoms with Gasteiger partial charge in [0.2, 0.25) is 0 Å². The molecule has 0 bridgehead atoms. The number of Topliss-reactive ketones (excluding diaryl/α,β-unsaturated/α-hetero) is 1. The Morgan fingerprint density at radius 3 is 1.88 bits per heavy atom. The van der Waals surface area contributed by atoms with Crippen molar-refractivity contribution >= 4 is 17.8 Å². The maximum absolute atomic E-state index is 12.9. The van der Waals surface area contributed by atoms with Gasteiger partial charge in [-0.15, -0.1) is 0 Å². The lowest BCUT2D eigenvalue weighted by Crippen LogP contribution is -2.32. The van der Waals surface area contributed by atoms with Gasteiger partial charge in [-0.1, -0.05) is 0 Å². The highest BCUT2D eigenvalue weighted by molar-refractivity contribution is 6.10. The fourth-order valence-electron chi connectivity index (χ4n) is 2.17. The minimum absolute atomic E-state index is 0.0946. The fraction of sp³-hybridized carbons (Fsp3) is 0.533. The van der Waals surface area contributed by atoms with Crippen molar-refractivity contribution in [3.8, 4) is 0 Å². The highest BCUT2D eigenvalue weighted by Crippen LogP contribution is 2.30. The molecule has 25 heavy (non-hydrogen) atoms. The van der Waals surface area contributed by atoms with Gasteiger partial charge in [0.05, 0.1) is 23.9 Å². The number of esters is 1. The van der Waals surface area contributed by atoms with Gasteiger partial charge < -0.3 is 9.47 Å². The number of nitrogens with one attached hydrogen (secondary N) is 1. The maximum Gasteiger partial charge on any atom is 0.454 e. The first-order chi connectivity index (χ1) is 11.2. The minimum atomic E-state index is -5.20. The van der Waals surface area contributed by atoms with Crippen LogP contribution in [0.15, 0.2) is 0 Å². The Morgan fingerprint density at radius 2 is 1.48 bits per heavy atom. The Kier molecular flexibility index (Phi) is 5.56. The van der Waals surface area contributed by atoms with Crippen LogP contribution in [-0.4, -0.2) is 41.4 Å². The van der Waals surface area contributed by atoms with E-state index in [2.05, 4.69) is 10.2 Å². The van der Waals surface area contributed by atoms with Gasteiger partial charge in [0, 0.05) is 5.69 Å². The number of alkyl halides is 3. The second-order valence-corrected chi connectivity index (χ2v) is 6.19. The molecule has 1 heterocycles. The molecule has 1 aromatic heterocycles. The number of ether oxygens (including phenoxy) is 2. The third-order valence-corrected chi connectivity index (χ3v) is 3.12. The van der Waals surface area contributed by atoms with Gasteiger partial charge in [-0.2, -0.15) is 13.2 Å². The lowest BCUT2D eigenvalue weighted by Gasteiger charge is -2.21. The molecule has 0 aliphatic rings. The van der Waals surface area contributed by atoms with Crippen molar-refractivity contribution in [2.75, 3.05) is 12.5 Å². The lowest BCUT2D eigenvalue weighted by atomic mass is 10.0. The third-order valence-electron chi connectivity index (χ3n) is 3.12. The van der Waals surface area contributed by atoms with Gasteiger partial charge in [-0.3, -0.25) is 9.47 Å². The summed E-state index contributed by atoms with van der Waals surface area (Å²) in [6, 6.07) is 0. The van der Waals surface area contributed by atoms with E-state index < -0.39 is 40.8 Å². The van der Waals surface area contributed by atoms with Crippen molar-refractivity contribution in [3.63, 3.8) is 0 Å². The molecular formula is C15H19F3N2O5. The number of carbonyl (C=O) groups excluding carboxylic acids is 3. The number of halogens is 3. The Labute approximate surface area is 142 Å².